The number of benzene rings is 2. The Hall–Kier alpha value is -2.37. The molecule has 3 rings (SSSR count). The summed E-state index contributed by atoms with van der Waals surface area (Å²) in [5.74, 6) is 0.804. The summed E-state index contributed by atoms with van der Waals surface area (Å²) in [6, 6.07) is 17.8. The van der Waals surface area contributed by atoms with E-state index in [1.54, 1.807) is 4.90 Å². The van der Waals surface area contributed by atoms with Crippen molar-refractivity contribution in [2.24, 2.45) is 0 Å². The van der Waals surface area contributed by atoms with Gasteiger partial charge in [0.1, 0.15) is 25.1 Å². The van der Waals surface area contributed by atoms with Crippen molar-refractivity contribution in [3.63, 3.8) is 0 Å². The number of amides is 1. The van der Waals surface area contributed by atoms with Crippen LogP contribution in [0.4, 0.5) is 0 Å². The first-order valence-electron chi connectivity index (χ1n) is 8.91. The van der Waals surface area contributed by atoms with Crippen LogP contribution in [0.1, 0.15) is 11.1 Å². The number of hydrogen-bond donors (Lipinski definition) is 0. The normalized spacial score (nSPS) is 17.1. The molecule has 0 bridgehead atoms. The van der Waals surface area contributed by atoms with Crippen LogP contribution in [0.15, 0.2) is 54.6 Å². The maximum Gasteiger partial charge on any atom is 0.248 e. The minimum Gasteiger partial charge on any atom is -0.491 e. The Morgan fingerprint density at radius 2 is 1.92 bits per heavy atom. The van der Waals surface area contributed by atoms with Crippen LogP contribution >= 0.6 is 0 Å². The van der Waals surface area contributed by atoms with Crippen LogP contribution in [-0.4, -0.2) is 49.8 Å². The molecule has 1 saturated heterocycles. The van der Waals surface area contributed by atoms with Crippen molar-refractivity contribution in [2.45, 2.75) is 19.6 Å². The highest BCUT2D eigenvalue weighted by molar-refractivity contribution is 5.77. The Labute approximate surface area is 154 Å². The third kappa shape index (κ3) is 5.58. The molecule has 0 aliphatic carbocycles. The first-order valence-corrected chi connectivity index (χ1v) is 8.91. The number of ether oxygens (including phenoxy) is 3. The molecule has 5 nitrogen and oxygen atoms in total. The molecule has 1 aliphatic heterocycles. The van der Waals surface area contributed by atoms with Crippen molar-refractivity contribution in [1.29, 1.82) is 0 Å². The predicted octanol–water partition coefficient (Wildman–Crippen LogP) is 2.82. The lowest BCUT2D eigenvalue weighted by Gasteiger charge is -2.32. The molecule has 0 spiro atoms. The second-order valence-electron chi connectivity index (χ2n) is 6.44. The monoisotopic (exact) mass is 355 g/mol. The van der Waals surface area contributed by atoms with Crippen LogP contribution in [-0.2, 0) is 20.9 Å². The Morgan fingerprint density at radius 3 is 2.69 bits per heavy atom. The Morgan fingerprint density at radius 1 is 1.15 bits per heavy atom. The van der Waals surface area contributed by atoms with Crippen LogP contribution in [0, 0.1) is 6.92 Å². The van der Waals surface area contributed by atoms with Gasteiger partial charge in [-0.2, -0.15) is 0 Å². The highest BCUT2D eigenvalue weighted by atomic mass is 16.5. The summed E-state index contributed by atoms with van der Waals surface area (Å²) in [5, 5.41) is 0. The van der Waals surface area contributed by atoms with E-state index in [2.05, 4.69) is 0 Å². The molecular weight excluding hydrogens is 330 g/mol. The molecule has 138 valence electrons. The molecule has 1 amide bonds. The standard InChI is InChI=1S/C21H25NO4/c1-17-7-9-19(10-8-17)26-15-20-13-22(11-12-25-20)21(23)16-24-14-18-5-3-2-4-6-18/h2-10,20H,11-16H2,1H3. The summed E-state index contributed by atoms with van der Waals surface area (Å²) in [6.45, 7) is 4.63. The molecule has 5 heteroatoms. The Balaban J connectivity index is 1.40. The van der Waals surface area contributed by atoms with Crippen molar-refractivity contribution in [1.82, 2.24) is 4.90 Å². The summed E-state index contributed by atoms with van der Waals surface area (Å²) in [4.78, 5) is 14.1. The predicted molar refractivity (Wildman–Crippen MR) is 99.1 cm³/mol. The van der Waals surface area contributed by atoms with Crippen LogP contribution in [0.3, 0.4) is 0 Å². The zero-order chi connectivity index (χ0) is 18.2. The Bertz CT molecular complexity index is 687. The van der Waals surface area contributed by atoms with Gasteiger partial charge < -0.3 is 19.1 Å². The molecule has 0 saturated carbocycles. The first-order chi connectivity index (χ1) is 12.7. The summed E-state index contributed by atoms with van der Waals surface area (Å²) in [7, 11) is 0. The number of aryl methyl sites for hydroxylation is 1. The zero-order valence-electron chi connectivity index (χ0n) is 15.1. The summed E-state index contributed by atoms with van der Waals surface area (Å²) in [5.41, 5.74) is 2.25. The van der Waals surface area contributed by atoms with E-state index in [1.165, 1.54) is 5.56 Å². The van der Waals surface area contributed by atoms with Gasteiger partial charge in [-0.15, -0.1) is 0 Å². The van der Waals surface area contributed by atoms with Crippen molar-refractivity contribution in [3.05, 3.63) is 65.7 Å². The van der Waals surface area contributed by atoms with Crippen molar-refractivity contribution in [2.75, 3.05) is 32.9 Å². The molecule has 1 heterocycles. The van der Waals surface area contributed by atoms with E-state index in [9.17, 15) is 4.79 Å². The maximum atomic E-state index is 12.4. The lowest BCUT2D eigenvalue weighted by molar-refractivity contribution is -0.145. The van der Waals surface area contributed by atoms with Gasteiger partial charge in [0.05, 0.1) is 19.8 Å². The lowest BCUT2D eigenvalue weighted by Crippen LogP contribution is -2.48. The number of rotatable bonds is 7. The van der Waals surface area contributed by atoms with Gasteiger partial charge >= 0.3 is 0 Å². The van der Waals surface area contributed by atoms with E-state index in [0.717, 1.165) is 11.3 Å². The third-order valence-corrected chi connectivity index (χ3v) is 4.29. The van der Waals surface area contributed by atoms with E-state index < -0.39 is 0 Å². The fourth-order valence-electron chi connectivity index (χ4n) is 2.79. The molecule has 1 atom stereocenters. The Kier molecular flexibility index (Phi) is 6.63. The number of morpholine rings is 1. The number of hydrogen-bond acceptors (Lipinski definition) is 4. The molecular formula is C21H25NO4. The smallest absolute Gasteiger partial charge is 0.248 e. The molecule has 0 aromatic heterocycles. The van der Waals surface area contributed by atoms with Gasteiger partial charge in [0.2, 0.25) is 5.91 Å². The fourth-order valence-corrected chi connectivity index (χ4v) is 2.79. The van der Waals surface area contributed by atoms with Gasteiger partial charge in [0, 0.05) is 6.54 Å². The summed E-state index contributed by atoms with van der Waals surface area (Å²) >= 11 is 0. The highest BCUT2D eigenvalue weighted by Crippen LogP contribution is 2.14. The van der Waals surface area contributed by atoms with Crippen molar-refractivity contribution < 1.29 is 19.0 Å². The third-order valence-electron chi connectivity index (χ3n) is 4.29. The van der Waals surface area contributed by atoms with E-state index >= 15 is 0 Å². The van der Waals surface area contributed by atoms with Gasteiger partial charge in [0.15, 0.2) is 0 Å². The molecule has 0 radical (unpaired) electrons. The zero-order valence-corrected chi connectivity index (χ0v) is 15.1. The van der Waals surface area contributed by atoms with Crippen LogP contribution in [0.5, 0.6) is 5.75 Å². The average molecular weight is 355 g/mol. The number of carbonyl (C=O) groups excluding carboxylic acids is 1. The first kappa shape index (κ1) is 18.4. The molecule has 1 fully saturated rings. The van der Waals surface area contributed by atoms with Crippen LogP contribution < -0.4 is 4.74 Å². The second kappa shape index (κ2) is 9.36. The molecule has 0 N–H and O–H groups in total. The molecule has 1 aliphatic rings. The summed E-state index contributed by atoms with van der Waals surface area (Å²) in [6.07, 6.45) is -0.122. The fraction of sp³-hybridized carbons (Fsp3) is 0.381. The molecule has 26 heavy (non-hydrogen) atoms. The van der Waals surface area contributed by atoms with Crippen molar-refractivity contribution >= 4 is 5.91 Å². The number of carbonyl (C=O) groups is 1. The quantitative estimate of drug-likeness (QED) is 0.766. The lowest BCUT2D eigenvalue weighted by atomic mass is 10.2. The maximum absolute atomic E-state index is 12.4. The van der Waals surface area contributed by atoms with E-state index in [0.29, 0.717) is 32.9 Å². The minimum absolute atomic E-state index is 0.00966. The number of nitrogens with zero attached hydrogens (tertiary/aromatic N) is 1. The summed E-state index contributed by atoms with van der Waals surface area (Å²) < 4.78 is 17.0. The molecule has 2 aromatic carbocycles. The second-order valence-corrected chi connectivity index (χ2v) is 6.44. The molecule has 2 aromatic rings. The van der Waals surface area contributed by atoms with Crippen LogP contribution in [0.25, 0.3) is 0 Å². The van der Waals surface area contributed by atoms with Gasteiger partial charge in [0.25, 0.3) is 0 Å². The van der Waals surface area contributed by atoms with E-state index in [1.807, 2.05) is 61.5 Å². The molecule has 1 unspecified atom stereocenters. The van der Waals surface area contributed by atoms with E-state index in [4.69, 9.17) is 14.2 Å². The minimum atomic E-state index is -0.122. The average Bonchev–Trinajstić information content (AvgIpc) is 2.68. The SMILES string of the molecule is Cc1ccc(OCC2CN(C(=O)COCc3ccccc3)CCO2)cc1. The highest BCUT2D eigenvalue weighted by Gasteiger charge is 2.24. The van der Waals surface area contributed by atoms with Gasteiger partial charge in [-0.1, -0.05) is 48.0 Å². The van der Waals surface area contributed by atoms with Gasteiger partial charge in [-0.25, -0.2) is 0 Å². The van der Waals surface area contributed by atoms with E-state index in [-0.39, 0.29) is 18.6 Å². The van der Waals surface area contributed by atoms with Crippen LogP contribution in [0.2, 0.25) is 0 Å². The largest absolute Gasteiger partial charge is 0.491 e. The van der Waals surface area contributed by atoms with Gasteiger partial charge in [-0.05, 0) is 24.6 Å². The van der Waals surface area contributed by atoms with Crippen molar-refractivity contribution in [3.8, 4) is 5.75 Å². The van der Waals surface area contributed by atoms with Gasteiger partial charge in [-0.3, -0.25) is 4.79 Å². The topological polar surface area (TPSA) is 48.0 Å².